The monoisotopic (exact) mass is 342 g/mol. The van der Waals surface area contributed by atoms with E-state index in [1.807, 2.05) is 12.1 Å². The lowest BCUT2D eigenvalue weighted by atomic mass is 9.87. The molecule has 0 bridgehead atoms. The van der Waals surface area contributed by atoms with Gasteiger partial charge in [-0.25, -0.2) is 0 Å². The minimum absolute atomic E-state index is 0.112. The molecule has 0 aliphatic carbocycles. The quantitative estimate of drug-likeness (QED) is 0.709. The summed E-state index contributed by atoms with van der Waals surface area (Å²) in [5.74, 6) is 1.38. The molecule has 4 nitrogen and oxygen atoms in total. The zero-order valence-corrected chi connectivity index (χ0v) is 15.8. The van der Waals surface area contributed by atoms with Crippen LogP contribution in [0.4, 0.5) is 0 Å². The van der Waals surface area contributed by atoms with Crippen LogP contribution >= 0.6 is 0 Å². The summed E-state index contributed by atoms with van der Waals surface area (Å²) in [4.78, 5) is 12.0. The Labute approximate surface area is 149 Å². The fourth-order valence-corrected chi connectivity index (χ4v) is 2.57. The Morgan fingerprint density at radius 3 is 2.04 bits per heavy atom. The summed E-state index contributed by atoms with van der Waals surface area (Å²) in [5, 5.41) is 0. The average molecular weight is 342 g/mol. The number of rotatable bonds is 6. The number of ether oxygens (including phenoxy) is 3. The molecule has 0 saturated heterocycles. The van der Waals surface area contributed by atoms with Crippen LogP contribution in [0.15, 0.2) is 36.4 Å². The predicted molar refractivity (Wildman–Crippen MR) is 99.0 cm³/mol. The number of hydrogen-bond donors (Lipinski definition) is 0. The van der Waals surface area contributed by atoms with Crippen molar-refractivity contribution in [1.82, 2.24) is 0 Å². The molecule has 0 saturated carbocycles. The summed E-state index contributed by atoms with van der Waals surface area (Å²) in [6.45, 7) is 8.40. The molecule has 2 aromatic rings. The largest absolute Gasteiger partial charge is 0.496 e. The van der Waals surface area contributed by atoms with E-state index < -0.39 is 0 Å². The van der Waals surface area contributed by atoms with Gasteiger partial charge in [0.15, 0.2) is 5.78 Å². The molecule has 0 aliphatic rings. The minimum atomic E-state index is -0.113. The maximum Gasteiger partial charge on any atom is 0.167 e. The van der Waals surface area contributed by atoms with E-state index in [2.05, 4.69) is 32.9 Å². The second-order valence-electron chi connectivity index (χ2n) is 6.99. The second-order valence-corrected chi connectivity index (χ2v) is 6.99. The SMILES string of the molecule is COc1cc(OC)c(C(C)=O)c(OCc2ccc(C(C)(C)C)cc2)c1. The van der Waals surface area contributed by atoms with Crippen molar-refractivity contribution in [2.24, 2.45) is 0 Å². The summed E-state index contributed by atoms with van der Waals surface area (Å²) >= 11 is 0. The van der Waals surface area contributed by atoms with Gasteiger partial charge >= 0.3 is 0 Å². The Morgan fingerprint density at radius 1 is 0.960 bits per heavy atom. The predicted octanol–water partition coefficient (Wildman–Crippen LogP) is 4.78. The number of Topliss-reactive ketones (excluding diaryl/α,β-unsaturated/α-hetero) is 1. The third kappa shape index (κ3) is 4.53. The van der Waals surface area contributed by atoms with E-state index >= 15 is 0 Å². The summed E-state index contributed by atoms with van der Waals surface area (Å²) < 4.78 is 16.5. The second kappa shape index (κ2) is 7.60. The van der Waals surface area contributed by atoms with Crippen LogP contribution in [0.1, 0.15) is 49.2 Å². The van der Waals surface area contributed by atoms with E-state index in [4.69, 9.17) is 14.2 Å². The molecule has 0 aromatic heterocycles. The molecular weight excluding hydrogens is 316 g/mol. The van der Waals surface area contributed by atoms with Gasteiger partial charge in [0.1, 0.15) is 29.4 Å². The van der Waals surface area contributed by atoms with Gasteiger partial charge in [-0.05, 0) is 23.5 Å². The van der Waals surface area contributed by atoms with E-state index in [1.54, 1.807) is 19.2 Å². The molecule has 0 fully saturated rings. The Balaban J connectivity index is 2.26. The van der Waals surface area contributed by atoms with Crippen LogP contribution in [0.5, 0.6) is 17.2 Å². The topological polar surface area (TPSA) is 44.8 Å². The van der Waals surface area contributed by atoms with Gasteiger partial charge < -0.3 is 14.2 Å². The van der Waals surface area contributed by atoms with Crippen molar-refractivity contribution in [3.05, 3.63) is 53.1 Å². The van der Waals surface area contributed by atoms with Crippen molar-refractivity contribution >= 4 is 5.78 Å². The zero-order valence-electron chi connectivity index (χ0n) is 15.8. The highest BCUT2D eigenvalue weighted by atomic mass is 16.5. The van der Waals surface area contributed by atoms with Gasteiger partial charge in [0.2, 0.25) is 0 Å². The Kier molecular flexibility index (Phi) is 5.73. The average Bonchev–Trinajstić information content (AvgIpc) is 2.58. The highest BCUT2D eigenvalue weighted by Gasteiger charge is 2.18. The lowest BCUT2D eigenvalue weighted by molar-refractivity contribution is 0.101. The van der Waals surface area contributed by atoms with Crippen molar-refractivity contribution in [1.29, 1.82) is 0 Å². The van der Waals surface area contributed by atoms with Gasteiger partial charge in [-0.15, -0.1) is 0 Å². The molecule has 25 heavy (non-hydrogen) atoms. The van der Waals surface area contributed by atoms with E-state index in [-0.39, 0.29) is 11.2 Å². The summed E-state index contributed by atoms with van der Waals surface area (Å²) in [7, 11) is 3.09. The van der Waals surface area contributed by atoms with Crippen LogP contribution < -0.4 is 14.2 Å². The third-order valence-corrected chi connectivity index (χ3v) is 4.06. The van der Waals surface area contributed by atoms with Gasteiger partial charge in [0.25, 0.3) is 0 Å². The van der Waals surface area contributed by atoms with Crippen molar-refractivity contribution in [3.8, 4) is 17.2 Å². The molecule has 0 heterocycles. The first-order valence-corrected chi connectivity index (χ1v) is 8.25. The van der Waals surface area contributed by atoms with Gasteiger partial charge in [0.05, 0.1) is 14.2 Å². The Bertz CT molecular complexity index is 740. The fourth-order valence-electron chi connectivity index (χ4n) is 2.57. The van der Waals surface area contributed by atoms with E-state index in [9.17, 15) is 4.79 Å². The normalized spacial score (nSPS) is 11.1. The molecule has 0 N–H and O–H groups in total. The summed E-state index contributed by atoms with van der Waals surface area (Å²) in [5.41, 5.74) is 2.84. The molecule has 0 aliphatic heterocycles. The van der Waals surface area contributed by atoms with Gasteiger partial charge in [0, 0.05) is 12.1 Å². The molecule has 0 amide bonds. The third-order valence-electron chi connectivity index (χ3n) is 4.06. The van der Waals surface area contributed by atoms with Crippen LogP contribution in [-0.2, 0) is 12.0 Å². The molecular formula is C21H26O4. The first-order chi connectivity index (χ1) is 11.8. The molecule has 0 atom stereocenters. The number of carbonyl (C=O) groups excluding carboxylic acids is 1. The lowest BCUT2D eigenvalue weighted by Gasteiger charge is -2.19. The first-order valence-electron chi connectivity index (χ1n) is 8.25. The first kappa shape index (κ1) is 18.8. The number of methoxy groups -OCH3 is 2. The molecule has 134 valence electrons. The maximum absolute atomic E-state index is 12.0. The zero-order chi connectivity index (χ0) is 18.6. The van der Waals surface area contributed by atoms with Crippen LogP contribution in [0.2, 0.25) is 0 Å². The summed E-state index contributed by atoms with van der Waals surface area (Å²) in [6.07, 6.45) is 0. The molecule has 2 aromatic carbocycles. The molecule has 2 rings (SSSR count). The van der Waals surface area contributed by atoms with E-state index in [0.717, 1.165) is 5.56 Å². The standard InChI is InChI=1S/C21H26O4/c1-14(22)20-18(24-6)11-17(23-5)12-19(20)25-13-15-7-9-16(10-8-15)21(2,3)4/h7-12H,13H2,1-6H3. The van der Waals surface area contributed by atoms with E-state index in [1.165, 1.54) is 19.6 Å². The number of ketones is 1. The van der Waals surface area contributed by atoms with Crippen molar-refractivity contribution in [3.63, 3.8) is 0 Å². The molecule has 4 heteroatoms. The van der Waals surface area contributed by atoms with Gasteiger partial charge in [-0.2, -0.15) is 0 Å². The van der Waals surface area contributed by atoms with Crippen molar-refractivity contribution in [2.75, 3.05) is 14.2 Å². The molecule has 0 spiro atoms. The number of benzene rings is 2. The van der Waals surface area contributed by atoms with Crippen molar-refractivity contribution < 1.29 is 19.0 Å². The Hall–Kier alpha value is -2.49. The summed E-state index contributed by atoms with van der Waals surface area (Å²) in [6, 6.07) is 11.7. The maximum atomic E-state index is 12.0. The number of carbonyl (C=O) groups is 1. The van der Waals surface area contributed by atoms with Crippen LogP contribution in [0.3, 0.4) is 0 Å². The highest BCUT2D eigenvalue weighted by Crippen LogP contribution is 2.35. The highest BCUT2D eigenvalue weighted by molar-refractivity contribution is 6.00. The smallest absolute Gasteiger partial charge is 0.167 e. The number of hydrogen-bond acceptors (Lipinski definition) is 4. The fraction of sp³-hybridized carbons (Fsp3) is 0.381. The molecule has 0 radical (unpaired) electrons. The Morgan fingerprint density at radius 2 is 1.56 bits per heavy atom. The van der Waals surface area contributed by atoms with Gasteiger partial charge in [-0.3, -0.25) is 4.79 Å². The van der Waals surface area contributed by atoms with Crippen LogP contribution in [0, 0.1) is 0 Å². The van der Waals surface area contributed by atoms with Crippen molar-refractivity contribution in [2.45, 2.75) is 39.7 Å². The van der Waals surface area contributed by atoms with Crippen LogP contribution in [0.25, 0.3) is 0 Å². The molecule has 0 unspecified atom stereocenters. The van der Waals surface area contributed by atoms with E-state index in [0.29, 0.717) is 29.4 Å². The minimum Gasteiger partial charge on any atom is -0.496 e. The lowest BCUT2D eigenvalue weighted by Crippen LogP contribution is -2.11. The van der Waals surface area contributed by atoms with Gasteiger partial charge in [-0.1, -0.05) is 45.0 Å². The van der Waals surface area contributed by atoms with Crippen LogP contribution in [-0.4, -0.2) is 20.0 Å².